The van der Waals surface area contributed by atoms with Gasteiger partial charge in [0.1, 0.15) is 16.7 Å². The molecule has 2 atom stereocenters. The number of sulfone groups is 1. The number of aromatic nitrogens is 1. The summed E-state index contributed by atoms with van der Waals surface area (Å²) in [5.41, 5.74) is 0.949. The van der Waals surface area contributed by atoms with Gasteiger partial charge in [0.2, 0.25) is 15.7 Å². The van der Waals surface area contributed by atoms with Gasteiger partial charge in [0.25, 0.3) is 0 Å². The number of pyridine rings is 1. The molecule has 0 amide bonds. The molecule has 1 aromatic carbocycles. The first-order valence-corrected chi connectivity index (χ1v) is 10.1. The summed E-state index contributed by atoms with van der Waals surface area (Å²) < 4.78 is 73.9. The van der Waals surface area contributed by atoms with E-state index < -0.39 is 33.4 Å². The van der Waals surface area contributed by atoms with Crippen LogP contribution in [0.3, 0.4) is 0 Å². The van der Waals surface area contributed by atoms with Crippen molar-refractivity contribution in [2.24, 2.45) is 0 Å². The Kier molecular flexibility index (Phi) is 4.70. The highest BCUT2D eigenvalue weighted by Crippen LogP contribution is 2.43. The molecule has 2 unspecified atom stereocenters. The SMILES string of the molecule is O=S(=O)(c1ccc2c(c1)OC1CNCCC21)c1cccnc1OCC(F)(F)F. The average molecular weight is 414 g/mol. The fourth-order valence-corrected chi connectivity index (χ4v) is 4.89. The summed E-state index contributed by atoms with van der Waals surface area (Å²) in [6.07, 6.45) is -2.59. The van der Waals surface area contributed by atoms with Gasteiger partial charge in [-0.3, -0.25) is 0 Å². The van der Waals surface area contributed by atoms with Crippen LogP contribution in [0.2, 0.25) is 0 Å². The van der Waals surface area contributed by atoms with Gasteiger partial charge in [-0.1, -0.05) is 6.07 Å². The van der Waals surface area contributed by atoms with Crippen LogP contribution >= 0.6 is 0 Å². The van der Waals surface area contributed by atoms with Gasteiger partial charge in [-0.2, -0.15) is 13.2 Å². The molecule has 0 bridgehead atoms. The lowest BCUT2D eigenvalue weighted by atomic mass is 9.90. The van der Waals surface area contributed by atoms with Gasteiger partial charge < -0.3 is 14.8 Å². The van der Waals surface area contributed by atoms with Crippen molar-refractivity contribution in [1.29, 1.82) is 0 Å². The molecule has 4 rings (SSSR count). The average Bonchev–Trinajstić information content (AvgIpc) is 3.04. The maximum Gasteiger partial charge on any atom is 0.422 e. The molecule has 150 valence electrons. The molecule has 28 heavy (non-hydrogen) atoms. The monoisotopic (exact) mass is 414 g/mol. The second kappa shape index (κ2) is 6.93. The smallest absolute Gasteiger partial charge is 0.422 e. The van der Waals surface area contributed by atoms with Crippen LogP contribution in [0.4, 0.5) is 13.2 Å². The number of halogens is 3. The summed E-state index contributed by atoms with van der Waals surface area (Å²) in [6.45, 7) is -0.0880. The van der Waals surface area contributed by atoms with Gasteiger partial charge in [0.05, 0.1) is 4.90 Å². The van der Waals surface area contributed by atoms with Gasteiger partial charge in [-0.05, 0) is 37.2 Å². The van der Waals surface area contributed by atoms with Crippen LogP contribution in [0.25, 0.3) is 0 Å². The summed E-state index contributed by atoms with van der Waals surface area (Å²) >= 11 is 0. The van der Waals surface area contributed by atoms with E-state index in [1.165, 1.54) is 30.5 Å². The van der Waals surface area contributed by atoms with Crippen molar-refractivity contribution in [3.63, 3.8) is 0 Å². The zero-order valence-electron chi connectivity index (χ0n) is 14.6. The third kappa shape index (κ3) is 3.53. The fraction of sp³-hybridized carbons (Fsp3) is 0.389. The summed E-state index contributed by atoms with van der Waals surface area (Å²) in [4.78, 5) is 3.16. The Morgan fingerprint density at radius 1 is 1.29 bits per heavy atom. The number of benzene rings is 1. The zero-order valence-corrected chi connectivity index (χ0v) is 15.4. The van der Waals surface area contributed by atoms with E-state index >= 15 is 0 Å². The Hall–Kier alpha value is -2.33. The third-order valence-corrected chi connectivity index (χ3v) is 6.56. The molecule has 1 saturated heterocycles. The Morgan fingerprint density at radius 2 is 2.11 bits per heavy atom. The van der Waals surface area contributed by atoms with E-state index in [-0.39, 0.29) is 16.9 Å². The Balaban J connectivity index is 1.67. The van der Waals surface area contributed by atoms with Crippen molar-refractivity contribution in [2.75, 3.05) is 19.7 Å². The minimum Gasteiger partial charge on any atom is -0.488 e. The summed E-state index contributed by atoms with van der Waals surface area (Å²) in [5.74, 6) is 0.109. The molecule has 6 nitrogen and oxygen atoms in total. The molecular weight excluding hydrogens is 397 g/mol. The molecule has 3 heterocycles. The number of rotatable bonds is 4. The molecule has 10 heteroatoms. The Labute approximate surface area is 159 Å². The van der Waals surface area contributed by atoms with Gasteiger partial charge in [0, 0.05) is 24.2 Å². The molecule has 0 spiro atoms. The van der Waals surface area contributed by atoms with E-state index in [1.807, 2.05) is 0 Å². The van der Waals surface area contributed by atoms with Gasteiger partial charge in [0.15, 0.2) is 6.61 Å². The number of ether oxygens (including phenoxy) is 2. The van der Waals surface area contributed by atoms with Crippen LogP contribution < -0.4 is 14.8 Å². The standard InChI is InChI=1S/C18H17F3N2O4S/c19-18(20,21)10-26-17-16(2-1-6-23-17)28(24,25)11-3-4-12-13-5-7-22-9-15(13)27-14(12)8-11/h1-4,6,8,13,15,22H,5,7,9-10H2. The Morgan fingerprint density at radius 3 is 2.89 bits per heavy atom. The van der Waals surface area contributed by atoms with Crippen LogP contribution in [0.5, 0.6) is 11.6 Å². The van der Waals surface area contributed by atoms with E-state index in [0.29, 0.717) is 12.3 Å². The first-order chi connectivity index (χ1) is 13.3. The highest BCUT2D eigenvalue weighted by atomic mass is 32.2. The van der Waals surface area contributed by atoms with Crippen molar-refractivity contribution in [3.8, 4) is 11.6 Å². The van der Waals surface area contributed by atoms with Crippen molar-refractivity contribution in [1.82, 2.24) is 10.3 Å². The minimum absolute atomic E-state index is 0.0502. The number of nitrogens with one attached hydrogen (secondary N) is 1. The van der Waals surface area contributed by atoms with E-state index in [0.717, 1.165) is 18.5 Å². The van der Waals surface area contributed by atoms with Crippen LogP contribution in [-0.4, -0.2) is 45.4 Å². The molecule has 2 aliphatic rings. The lowest BCUT2D eigenvalue weighted by Gasteiger charge is -2.24. The summed E-state index contributed by atoms with van der Waals surface area (Å²) in [5, 5.41) is 3.24. The predicted octanol–water partition coefficient (Wildman–Crippen LogP) is 2.69. The number of hydrogen-bond acceptors (Lipinski definition) is 6. The second-order valence-corrected chi connectivity index (χ2v) is 8.59. The highest BCUT2D eigenvalue weighted by Gasteiger charge is 2.37. The second-order valence-electron chi connectivity index (χ2n) is 6.67. The van der Waals surface area contributed by atoms with Crippen LogP contribution in [0.15, 0.2) is 46.3 Å². The van der Waals surface area contributed by atoms with Gasteiger partial charge in [-0.15, -0.1) is 0 Å². The van der Waals surface area contributed by atoms with Crippen molar-refractivity contribution in [3.05, 3.63) is 42.1 Å². The topological polar surface area (TPSA) is 77.5 Å². The van der Waals surface area contributed by atoms with E-state index in [9.17, 15) is 21.6 Å². The van der Waals surface area contributed by atoms with Crippen molar-refractivity contribution in [2.45, 2.75) is 34.4 Å². The number of hydrogen-bond donors (Lipinski definition) is 1. The molecule has 0 radical (unpaired) electrons. The van der Waals surface area contributed by atoms with Crippen LogP contribution in [0, 0.1) is 0 Å². The molecule has 2 aliphatic heterocycles. The molecular formula is C18H17F3N2O4S. The molecule has 1 aromatic heterocycles. The quantitative estimate of drug-likeness (QED) is 0.829. The predicted molar refractivity (Wildman–Crippen MR) is 92.3 cm³/mol. The number of nitrogens with zero attached hydrogens (tertiary/aromatic N) is 1. The maximum atomic E-state index is 13.0. The molecule has 1 fully saturated rings. The zero-order chi connectivity index (χ0) is 19.9. The van der Waals surface area contributed by atoms with E-state index in [4.69, 9.17) is 4.74 Å². The van der Waals surface area contributed by atoms with Crippen molar-refractivity contribution >= 4 is 9.84 Å². The summed E-state index contributed by atoms with van der Waals surface area (Å²) in [6, 6.07) is 7.08. The van der Waals surface area contributed by atoms with Crippen LogP contribution in [-0.2, 0) is 9.84 Å². The van der Waals surface area contributed by atoms with Gasteiger partial charge >= 0.3 is 6.18 Å². The van der Waals surface area contributed by atoms with E-state index in [2.05, 4.69) is 15.0 Å². The Bertz CT molecular complexity index is 995. The van der Waals surface area contributed by atoms with Crippen LogP contribution in [0.1, 0.15) is 17.9 Å². The maximum absolute atomic E-state index is 13.0. The molecule has 2 aromatic rings. The molecule has 1 N–H and O–H groups in total. The lowest BCUT2D eigenvalue weighted by Crippen LogP contribution is -2.39. The summed E-state index contributed by atoms with van der Waals surface area (Å²) in [7, 11) is -4.14. The minimum atomic E-state index is -4.61. The highest BCUT2D eigenvalue weighted by molar-refractivity contribution is 7.91. The lowest BCUT2D eigenvalue weighted by molar-refractivity contribution is -0.154. The molecule has 0 saturated carbocycles. The van der Waals surface area contributed by atoms with Gasteiger partial charge in [-0.25, -0.2) is 13.4 Å². The first-order valence-electron chi connectivity index (χ1n) is 8.67. The third-order valence-electron chi connectivity index (χ3n) is 4.80. The first kappa shape index (κ1) is 19.0. The fourth-order valence-electron chi connectivity index (χ4n) is 3.53. The number of alkyl halides is 3. The van der Waals surface area contributed by atoms with E-state index in [1.54, 1.807) is 6.07 Å². The number of piperidine rings is 1. The number of fused-ring (bicyclic) bond motifs is 3. The van der Waals surface area contributed by atoms with Crippen molar-refractivity contribution < 1.29 is 31.1 Å². The normalized spacial score (nSPS) is 21.5. The molecule has 0 aliphatic carbocycles. The largest absolute Gasteiger partial charge is 0.488 e.